The molecule has 2 amide bonds. The topological polar surface area (TPSA) is 97.3 Å². The Morgan fingerprint density at radius 3 is 2.46 bits per heavy atom. The largest absolute Gasteiger partial charge is 0.487 e. The number of nitrogens with zero attached hydrogens (tertiary/aromatic N) is 2. The summed E-state index contributed by atoms with van der Waals surface area (Å²) in [7, 11) is 1.39. The van der Waals surface area contributed by atoms with Crippen LogP contribution >= 0.6 is 0 Å². The lowest BCUT2D eigenvalue weighted by molar-refractivity contribution is -0.123. The minimum absolute atomic E-state index is 0.0211. The number of hydrogen-bond donors (Lipinski definition) is 3. The number of fused-ring (bicyclic) bond motifs is 1. The van der Waals surface area contributed by atoms with Crippen LogP contribution in [0.1, 0.15) is 22.8 Å². The van der Waals surface area contributed by atoms with E-state index in [-0.39, 0.29) is 34.7 Å². The summed E-state index contributed by atoms with van der Waals surface area (Å²) >= 11 is 0. The van der Waals surface area contributed by atoms with Gasteiger partial charge in [-0.05, 0) is 19.1 Å². The summed E-state index contributed by atoms with van der Waals surface area (Å²) in [6, 6.07) is 4.18. The minimum atomic E-state index is -4.73. The molecule has 2 aromatic carbocycles. The summed E-state index contributed by atoms with van der Waals surface area (Å²) in [6.07, 6.45) is -7.68. The summed E-state index contributed by atoms with van der Waals surface area (Å²) in [6.45, 7) is 1.79. The Kier molecular flexibility index (Phi) is 8.71. The van der Waals surface area contributed by atoms with Gasteiger partial charge < -0.3 is 25.3 Å². The van der Waals surface area contributed by atoms with E-state index in [0.717, 1.165) is 24.3 Å². The lowest BCUT2D eigenvalue weighted by Crippen LogP contribution is -2.34. The molecule has 8 nitrogen and oxygen atoms in total. The minimum Gasteiger partial charge on any atom is -0.487 e. The molecule has 0 aliphatic carbocycles. The lowest BCUT2D eigenvalue weighted by Gasteiger charge is -2.13. The summed E-state index contributed by atoms with van der Waals surface area (Å²) in [5.41, 5.74) is -0.915. The molecule has 0 bridgehead atoms. The molecule has 0 atom stereocenters. The number of halogens is 7. The number of ether oxygens (including phenoxy) is 1. The van der Waals surface area contributed by atoms with Gasteiger partial charge >= 0.3 is 6.18 Å². The SMILES string of the molecule is C=C(C)C(=O)NCc1ccc(F)c(Nc2nc3cc(C(=O)NCC(F)(F)F)c(OCC(F)F)cc3n2C)c1F. The summed E-state index contributed by atoms with van der Waals surface area (Å²) < 4.78 is 99.0. The highest BCUT2D eigenvalue weighted by molar-refractivity contribution is 6.01. The number of anilines is 2. The third-order valence-electron chi connectivity index (χ3n) is 5.28. The fourth-order valence-electron chi connectivity index (χ4n) is 3.34. The van der Waals surface area contributed by atoms with Gasteiger partial charge in [-0.1, -0.05) is 12.6 Å². The number of benzene rings is 2. The van der Waals surface area contributed by atoms with Crippen molar-refractivity contribution in [3.05, 3.63) is 59.2 Å². The van der Waals surface area contributed by atoms with Gasteiger partial charge in [0, 0.05) is 30.8 Å². The average Bonchev–Trinajstić information content (AvgIpc) is 3.16. The standard InChI is InChI=1S/C24H22F7N5O3/c1-11(2)21(37)32-8-12-4-5-14(25)20(19(12)28)35-23-34-15-6-13(22(38)33-10-24(29,30)31)17(39-9-18(26)27)7-16(15)36(23)3/h4-7,18H,1,8-10H2,2-3H3,(H,32,37)(H,33,38)(H,34,35). The zero-order valence-corrected chi connectivity index (χ0v) is 20.5. The van der Waals surface area contributed by atoms with Crippen molar-refractivity contribution in [2.45, 2.75) is 26.1 Å². The fourth-order valence-corrected chi connectivity index (χ4v) is 3.34. The second-order valence-corrected chi connectivity index (χ2v) is 8.31. The van der Waals surface area contributed by atoms with Gasteiger partial charge in [-0.25, -0.2) is 22.5 Å². The maximum Gasteiger partial charge on any atom is 0.405 e. The molecule has 0 radical (unpaired) electrons. The molecule has 0 spiro atoms. The first-order chi connectivity index (χ1) is 18.2. The van der Waals surface area contributed by atoms with Crippen molar-refractivity contribution in [3.8, 4) is 5.75 Å². The van der Waals surface area contributed by atoms with Crippen molar-refractivity contribution in [2.24, 2.45) is 7.05 Å². The highest BCUT2D eigenvalue weighted by Crippen LogP contribution is 2.31. The molecule has 0 aliphatic heterocycles. The Labute approximate surface area is 216 Å². The number of hydrogen-bond acceptors (Lipinski definition) is 5. The Balaban J connectivity index is 1.99. The van der Waals surface area contributed by atoms with E-state index in [0.29, 0.717) is 0 Å². The molecule has 39 heavy (non-hydrogen) atoms. The van der Waals surface area contributed by atoms with Crippen LogP contribution in [0.15, 0.2) is 36.4 Å². The Hall–Kier alpha value is -4.30. The number of aromatic nitrogens is 2. The van der Waals surface area contributed by atoms with E-state index in [2.05, 4.69) is 22.2 Å². The number of imidazole rings is 1. The number of nitrogens with one attached hydrogen (secondary N) is 3. The van der Waals surface area contributed by atoms with Crippen LogP contribution in [0.4, 0.5) is 42.4 Å². The molecule has 0 unspecified atom stereocenters. The maximum atomic E-state index is 15.1. The zero-order valence-electron chi connectivity index (χ0n) is 20.5. The van der Waals surface area contributed by atoms with Gasteiger partial charge in [-0.2, -0.15) is 13.2 Å². The van der Waals surface area contributed by atoms with Crippen molar-refractivity contribution in [1.82, 2.24) is 20.2 Å². The Morgan fingerprint density at radius 1 is 1.15 bits per heavy atom. The number of amides is 2. The first-order valence-electron chi connectivity index (χ1n) is 11.1. The quantitative estimate of drug-likeness (QED) is 0.246. The monoisotopic (exact) mass is 561 g/mol. The first kappa shape index (κ1) is 29.3. The molecule has 0 saturated heterocycles. The van der Waals surface area contributed by atoms with Gasteiger partial charge in [0.2, 0.25) is 11.9 Å². The molecular weight excluding hydrogens is 539 g/mol. The highest BCUT2D eigenvalue weighted by atomic mass is 19.4. The summed E-state index contributed by atoms with van der Waals surface area (Å²) in [4.78, 5) is 28.3. The molecular formula is C24H22F7N5O3. The van der Waals surface area contributed by atoms with Gasteiger partial charge in [0.15, 0.2) is 5.82 Å². The number of carbonyl (C=O) groups excluding carboxylic acids is 2. The lowest BCUT2D eigenvalue weighted by atomic mass is 10.1. The van der Waals surface area contributed by atoms with Crippen LogP contribution in [0.2, 0.25) is 0 Å². The zero-order chi connectivity index (χ0) is 29.1. The van der Waals surface area contributed by atoms with E-state index < -0.39 is 66.2 Å². The van der Waals surface area contributed by atoms with Crippen molar-refractivity contribution in [3.63, 3.8) is 0 Å². The third kappa shape index (κ3) is 7.18. The van der Waals surface area contributed by atoms with Crippen LogP contribution in [0.3, 0.4) is 0 Å². The third-order valence-corrected chi connectivity index (χ3v) is 5.28. The number of rotatable bonds is 10. The summed E-state index contributed by atoms with van der Waals surface area (Å²) in [5, 5.41) is 6.52. The number of aryl methyl sites for hydroxylation is 1. The molecule has 3 rings (SSSR count). The Bertz CT molecular complexity index is 1420. The molecule has 1 heterocycles. The van der Waals surface area contributed by atoms with Gasteiger partial charge in [0.05, 0.1) is 16.6 Å². The molecule has 0 fully saturated rings. The van der Waals surface area contributed by atoms with Crippen LogP contribution in [0, 0.1) is 11.6 Å². The van der Waals surface area contributed by atoms with Gasteiger partial charge in [0.25, 0.3) is 12.3 Å². The molecule has 0 saturated carbocycles. The van der Waals surface area contributed by atoms with Crippen LogP contribution in [0.25, 0.3) is 11.0 Å². The van der Waals surface area contributed by atoms with E-state index in [4.69, 9.17) is 4.74 Å². The highest BCUT2D eigenvalue weighted by Gasteiger charge is 2.29. The van der Waals surface area contributed by atoms with E-state index in [1.807, 2.05) is 0 Å². The van der Waals surface area contributed by atoms with Crippen LogP contribution < -0.4 is 20.7 Å². The maximum absolute atomic E-state index is 15.1. The van der Waals surface area contributed by atoms with Crippen molar-refractivity contribution in [1.29, 1.82) is 0 Å². The normalized spacial score (nSPS) is 11.5. The first-order valence-corrected chi connectivity index (χ1v) is 11.1. The van der Waals surface area contributed by atoms with Crippen molar-refractivity contribution in [2.75, 3.05) is 18.5 Å². The van der Waals surface area contributed by atoms with Crippen LogP contribution in [-0.4, -0.2) is 47.1 Å². The molecule has 3 aromatic rings. The second-order valence-electron chi connectivity index (χ2n) is 8.31. The van der Waals surface area contributed by atoms with E-state index in [9.17, 15) is 35.9 Å². The van der Waals surface area contributed by atoms with Gasteiger partial charge in [-0.15, -0.1) is 0 Å². The predicted molar refractivity (Wildman–Crippen MR) is 127 cm³/mol. The molecule has 1 aromatic heterocycles. The molecule has 15 heteroatoms. The van der Waals surface area contributed by atoms with Gasteiger partial charge in [0.1, 0.15) is 30.4 Å². The number of alkyl halides is 5. The van der Waals surface area contributed by atoms with Crippen molar-refractivity contribution < 1.29 is 45.1 Å². The smallest absolute Gasteiger partial charge is 0.405 e. The number of carbonyl (C=O) groups is 2. The molecule has 3 N–H and O–H groups in total. The van der Waals surface area contributed by atoms with E-state index in [1.165, 1.54) is 18.5 Å². The predicted octanol–water partition coefficient (Wildman–Crippen LogP) is 4.72. The van der Waals surface area contributed by atoms with Crippen LogP contribution in [-0.2, 0) is 18.4 Å². The summed E-state index contributed by atoms with van der Waals surface area (Å²) in [5.74, 6) is -4.48. The average molecular weight is 561 g/mol. The van der Waals surface area contributed by atoms with Crippen LogP contribution in [0.5, 0.6) is 5.75 Å². The Morgan fingerprint density at radius 2 is 1.85 bits per heavy atom. The van der Waals surface area contributed by atoms with Gasteiger partial charge in [-0.3, -0.25) is 9.59 Å². The molecule has 0 aliphatic rings. The fraction of sp³-hybridized carbons (Fsp3) is 0.292. The van der Waals surface area contributed by atoms with Crippen molar-refractivity contribution >= 4 is 34.5 Å². The van der Waals surface area contributed by atoms with E-state index in [1.54, 1.807) is 5.32 Å². The molecule has 210 valence electrons. The van der Waals surface area contributed by atoms with E-state index >= 15 is 4.39 Å². The second kappa shape index (κ2) is 11.6.